The Bertz CT molecular complexity index is 639. The third kappa shape index (κ3) is 1.79. The summed E-state index contributed by atoms with van der Waals surface area (Å²) in [4.78, 5) is 0. The van der Waals surface area contributed by atoms with Gasteiger partial charge in [0.1, 0.15) is 5.75 Å². The molecule has 2 N–H and O–H groups in total. The quantitative estimate of drug-likeness (QED) is 0.871. The predicted octanol–water partition coefficient (Wildman–Crippen LogP) is 3.11. The number of ether oxygens (including phenoxy) is 1. The maximum atomic E-state index is 5.97. The Hall–Kier alpha value is -1.97. The Labute approximate surface area is 118 Å². The number of nitrogens with zero attached hydrogens (tertiary/aromatic N) is 2. The normalized spacial score (nSPS) is 27.4. The Kier molecular flexibility index (Phi) is 2.52. The first-order valence-electron chi connectivity index (χ1n) is 7.23. The molecule has 4 rings (SSSR count). The van der Waals surface area contributed by atoms with Crippen LogP contribution in [0.5, 0.6) is 5.75 Å². The SMILES string of the molecule is COc1c(N)cccc1-c1cnn([C@@H]2C[C@H]3C[C@H]3C2)c1. The van der Waals surface area contributed by atoms with Crippen LogP contribution in [-0.2, 0) is 0 Å². The van der Waals surface area contributed by atoms with E-state index in [9.17, 15) is 0 Å². The molecular weight excluding hydrogens is 250 g/mol. The molecule has 2 aromatic rings. The highest BCUT2D eigenvalue weighted by Gasteiger charge is 2.46. The van der Waals surface area contributed by atoms with Gasteiger partial charge in [0.15, 0.2) is 0 Å². The van der Waals surface area contributed by atoms with Crippen molar-refractivity contribution in [3.05, 3.63) is 30.6 Å². The highest BCUT2D eigenvalue weighted by molar-refractivity contribution is 5.76. The van der Waals surface area contributed by atoms with Gasteiger partial charge in [-0.1, -0.05) is 12.1 Å². The number of aromatic nitrogens is 2. The third-order valence-electron chi connectivity index (χ3n) is 4.75. The van der Waals surface area contributed by atoms with Crippen molar-refractivity contribution in [2.24, 2.45) is 11.8 Å². The Morgan fingerprint density at radius 1 is 1.25 bits per heavy atom. The van der Waals surface area contributed by atoms with Gasteiger partial charge in [-0.3, -0.25) is 4.68 Å². The van der Waals surface area contributed by atoms with Crippen molar-refractivity contribution in [3.8, 4) is 16.9 Å². The zero-order valence-corrected chi connectivity index (χ0v) is 11.6. The molecule has 104 valence electrons. The summed E-state index contributed by atoms with van der Waals surface area (Å²) >= 11 is 0. The van der Waals surface area contributed by atoms with E-state index in [2.05, 4.69) is 16.0 Å². The number of anilines is 1. The van der Waals surface area contributed by atoms with E-state index in [4.69, 9.17) is 10.5 Å². The van der Waals surface area contributed by atoms with Gasteiger partial charge in [0.25, 0.3) is 0 Å². The summed E-state index contributed by atoms with van der Waals surface area (Å²) in [5.41, 5.74) is 8.73. The van der Waals surface area contributed by atoms with E-state index in [1.807, 2.05) is 24.4 Å². The van der Waals surface area contributed by atoms with Crippen LogP contribution in [0.2, 0.25) is 0 Å². The molecule has 20 heavy (non-hydrogen) atoms. The van der Waals surface area contributed by atoms with E-state index >= 15 is 0 Å². The van der Waals surface area contributed by atoms with Gasteiger partial charge in [-0.25, -0.2) is 0 Å². The molecule has 1 heterocycles. The molecule has 0 aliphatic heterocycles. The molecule has 0 amide bonds. The Morgan fingerprint density at radius 3 is 2.80 bits per heavy atom. The lowest BCUT2D eigenvalue weighted by atomic mass is 10.1. The maximum Gasteiger partial charge on any atom is 0.149 e. The van der Waals surface area contributed by atoms with Gasteiger partial charge in [-0.05, 0) is 37.2 Å². The number of methoxy groups -OCH3 is 1. The van der Waals surface area contributed by atoms with Crippen LogP contribution in [0.4, 0.5) is 5.69 Å². The number of fused-ring (bicyclic) bond motifs is 1. The number of nitrogen functional groups attached to an aromatic ring is 1. The molecule has 4 heteroatoms. The lowest BCUT2D eigenvalue weighted by Gasteiger charge is -2.12. The number of benzene rings is 1. The third-order valence-corrected chi connectivity index (χ3v) is 4.75. The van der Waals surface area contributed by atoms with Crippen molar-refractivity contribution in [1.82, 2.24) is 9.78 Å². The molecule has 4 nitrogen and oxygen atoms in total. The molecule has 0 spiro atoms. The first-order chi connectivity index (χ1) is 9.76. The van der Waals surface area contributed by atoms with Crippen molar-refractivity contribution in [3.63, 3.8) is 0 Å². The number of nitrogens with two attached hydrogens (primary N) is 1. The minimum absolute atomic E-state index is 0.583. The molecule has 2 aliphatic rings. The monoisotopic (exact) mass is 269 g/mol. The molecule has 2 aliphatic carbocycles. The maximum absolute atomic E-state index is 5.97. The average Bonchev–Trinajstić information content (AvgIpc) is 2.91. The van der Waals surface area contributed by atoms with Crippen molar-refractivity contribution < 1.29 is 4.74 Å². The van der Waals surface area contributed by atoms with Gasteiger partial charge in [0.2, 0.25) is 0 Å². The largest absolute Gasteiger partial charge is 0.494 e. The summed E-state index contributed by atoms with van der Waals surface area (Å²) in [5, 5.41) is 4.55. The van der Waals surface area contributed by atoms with E-state index in [0.717, 1.165) is 28.7 Å². The second kappa shape index (κ2) is 4.27. The van der Waals surface area contributed by atoms with Crippen LogP contribution >= 0.6 is 0 Å². The van der Waals surface area contributed by atoms with Crippen LogP contribution in [0, 0.1) is 11.8 Å². The highest BCUT2D eigenvalue weighted by Crippen LogP contribution is 2.55. The molecule has 0 radical (unpaired) electrons. The lowest BCUT2D eigenvalue weighted by molar-refractivity contribution is 0.418. The van der Waals surface area contributed by atoms with Gasteiger partial charge in [-0.2, -0.15) is 5.10 Å². The van der Waals surface area contributed by atoms with Gasteiger partial charge in [0.05, 0.1) is 25.0 Å². The molecule has 1 aromatic heterocycles. The summed E-state index contributed by atoms with van der Waals surface area (Å²) in [5.74, 6) is 2.67. The van der Waals surface area contributed by atoms with Crippen LogP contribution in [0.15, 0.2) is 30.6 Å². The number of para-hydroxylation sites is 1. The van der Waals surface area contributed by atoms with Gasteiger partial charge < -0.3 is 10.5 Å². The van der Waals surface area contributed by atoms with Crippen LogP contribution in [0.1, 0.15) is 25.3 Å². The van der Waals surface area contributed by atoms with Gasteiger partial charge in [-0.15, -0.1) is 0 Å². The van der Waals surface area contributed by atoms with E-state index < -0.39 is 0 Å². The molecule has 2 fully saturated rings. The minimum atomic E-state index is 0.583. The number of rotatable bonds is 3. The fourth-order valence-corrected chi connectivity index (χ4v) is 3.59. The lowest BCUT2D eigenvalue weighted by Crippen LogP contribution is -2.06. The zero-order chi connectivity index (χ0) is 13.7. The smallest absolute Gasteiger partial charge is 0.149 e. The van der Waals surface area contributed by atoms with Crippen LogP contribution in [0.3, 0.4) is 0 Å². The first kappa shape index (κ1) is 11.8. The van der Waals surface area contributed by atoms with Crippen LogP contribution in [-0.4, -0.2) is 16.9 Å². The fraction of sp³-hybridized carbons (Fsp3) is 0.438. The molecule has 2 saturated carbocycles. The molecule has 0 saturated heterocycles. The fourth-order valence-electron chi connectivity index (χ4n) is 3.59. The van der Waals surface area contributed by atoms with Crippen molar-refractivity contribution in [1.29, 1.82) is 0 Å². The second-order valence-corrected chi connectivity index (χ2v) is 6.02. The molecule has 0 bridgehead atoms. The Balaban J connectivity index is 1.66. The predicted molar refractivity (Wildman–Crippen MR) is 78.5 cm³/mol. The van der Waals surface area contributed by atoms with Crippen molar-refractivity contribution in [2.75, 3.05) is 12.8 Å². The zero-order valence-electron chi connectivity index (χ0n) is 11.6. The number of hydrogen-bond acceptors (Lipinski definition) is 3. The van der Waals surface area contributed by atoms with Crippen LogP contribution in [0.25, 0.3) is 11.1 Å². The summed E-state index contributed by atoms with van der Waals surface area (Å²) < 4.78 is 7.56. The second-order valence-electron chi connectivity index (χ2n) is 6.02. The topological polar surface area (TPSA) is 53.1 Å². The minimum Gasteiger partial charge on any atom is -0.494 e. The summed E-state index contributed by atoms with van der Waals surface area (Å²) in [6, 6.07) is 6.43. The van der Waals surface area contributed by atoms with E-state index in [0.29, 0.717) is 11.7 Å². The standard InChI is InChI=1S/C16H19N3O/c1-20-16-14(3-2-4-15(16)17)12-8-18-19(9-12)13-6-10-5-11(10)7-13/h2-4,8-11,13H,5-7,17H2,1H3/t10-,11+,13-. The highest BCUT2D eigenvalue weighted by atomic mass is 16.5. The summed E-state index contributed by atoms with van der Waals surface area (Å²) in [6.45, 7) is 0. The van der Waals surface area contributed by atoms with Gasteiger partial charge >= 0.3 is 0 Å². The molecule has 3 atom stereocenters. The molecular formula is C16H19N3O. The summed E-state index contributed by atoms with van der Waals surface area (Å²) in [7, 11) is 1.66. The Morgan fingerprint density at radius 2 is 2.05 bits per heavy atom. The van der Waals surface area contributed by atoms with Gasteiger partial charge in [0, 0.05) is 17.3 Å². The number of hydrogen-bond donors (Lipinski definition) is 1. The van der Waals surface area contributed by atoms with E-state index in [-0.39, 0.29) is 0 Å². The molecule has 0 unspecified atom stereocenters. The first-order valence-corrected chi connectivity index (χ1v) is 7.23. The van der Waals surface area contributed by atoms with E-state index in [1.165, 1.54) is 19.3 Å². The van der Waals surface area contributed by atoms with Crippen LogP contribution < -0.4 is 10.5 Å². The average molecular weight is 269 g/mol. The molecule has 1 aromatic carbocycles. The summed E-state index contributed by atoms with van der Waals surface area (Å²) in [6.07, 6.45) is 8.07. The van der Waals surface area contributed by atoms with Crippen molar-refractivity contribution in [2.45, 2.75) is 25.3 Å². The van der Waals surface area contributed by atoms with E-state index in [1.54, 1.807) is 7.11 Å². The van der Waals surface area contributed by atoms with Crippen molar-refractivity contribution >= 4 is 5.69 Å².